The summed E-state index contributed by atoms with van der Waals surface area (Å²) in [4.78, 5) is 6.45. The Balaban J connectivity index is 2.40. The van der Waals surface area contributed by atoms with Crippen molar-refractivity contribution in [3.8, 4) is 0 Å². The first kappa shape index (κ1) is 14.5. The maximum atomic E-state index is 4.32. The highest BCUT2D eigenvalue weighted by Gasteiger charge is 2.14. The van der Waals surface area contributed by atoms with Crippen molar-refractivity contribution in [1.82, 2.24) is 10.3 Å². The monoisotopic (exact) mass is 269 g/mol. The van der Waals surface area contributed by atoms with Crippen LogP contribution in [-0.2, 0) is 0 Å². The van der Waals surface area contributed by atoms with Crippen LogP contribution in [0.3, 0.4) is 0 Å². The van der Waals surface area contributed by atoms with Gasteiger partial charge in [0.2, 0.25) is 0 Å². The molecule has 0 fully saturated rings. The van der Waals surface area contributed by atoms with Crippen molar-refractivity contribution in [2.24, 2.45) is 0 Å². The minimum atomic E-state index is 0.187. The van der Waals surface area contributed by atoms with Crippen LogP contribution in [0.4, 0.5) is 5.69 Å². The van der Waals surface area contributed by atoms with Crippen LogP contribution in [0.25, 0.3) is 0 Å². The number of pyridine rings is 1. The molecule has 2 aromatic rings. The van der Waals surface area contributed by atoms with E-state index in [4.69, 9.17) is 0 Å². The first-order valence-corrected chi connectivity index (χ1v) is 7.04. The summed E-state index contributed by atoms with van der Waals surface area (Å²) in [5, 5.41) is 3.55. The number of hydrogen-bond acceptors (Lipinski definition) is 3. The first-order chi connectivity index (χ1) is 9.61. The summed E-state index contributed by atoms with van der Waals surface area (Å²) in [7, 11) is 4.13. The molecule has 1 N–H and O–H groups in total. The number of nitrogens with zero attached hydrogens (tertiary/aromatic N) is 2. The van der Waals surface area contributed by atoms with Crippen molar-refractivity contribution in [3.05, 3.63) is 59.4 Å². The van der Waals surface area contributed by atoms with Crippen LogP contribution < -0.4 is 10.2 Å². The summed E-state index contributed by atoms with van der Waals surface area (Å²) >= 11 is 0. The van der Waals surface area contributed by atoms with E-state index in [1.54, 1.807) is 0 Å². The molecule has 0 saturated carbocycles. The molecule has 0 aliphatic rings. The fraction of sp³-hybridized carbons (Fsp3) is 0.353. The predicted octanol–water partition coefficient (Wildman–Crippen LogP) is 3.15. The van der Waals surface area contributed by atoms with E-state index in [1.807, 2.05) is 12.4 Å². The van der Waals surface area contributed by atoms with Gasteiger partial charge in [0, 0.05) is 32.2 Å². The summed E-state index contributed by atoms with van der Waals surface area (Å²) in [6.07, 6.45) is 3.84. The van der Waals surface area contributed by atoms with Gasteiger partial charge in [0.1, 0.15) is 0 Å². The van der Waals surface area contributed by atoms with Crippen LogP contribution in [-0.4, -0.2) is 25.6 Å². The highest BCUT2D eigenvalue weighted by Crippen LogP contribution is 2.25. The minimum absolute atomic E-state index is 0.187. The second-order valence-corrected chi connectivity index (χ2v) is 5.28. The van der Waals surface area contributed by atoms with Crippen molar-refractivity contribution in [3.63, 3.8) is 0 Å². The van der Waals surface area contributed by atoms with E-state index in [0.717, 1.165) is 6.54 Å². The summed E-state index contributed by atoms with van der Waals surface area (Å²) in [6.45, 7) is 5.13. The van der Waals surface area contributed by atoms with E-state index >= 15 is 0 Å². The molecule has 106 valence electrons. The van der Waals surface area contributed by atoms with Gasteiger partial charge in [-0.3, -0.25) is 4.98 Å². The van der Waals surface area contributed by atoms with E-state index in [0.29, 0.717) is 0 Å². The van der Waals surface area contributed by atoms with Crippen LogP contribution in [0.1, 0.15) is 29.7 Å². The predicted molar refractivity (Wildman–Crippen MR) is 85.3 cm³/mol. The third-order valence-corrected chi connectivity index (χ3v) is 3.36. The number of nitrogens with one attached hydrogen (secondary N) is 1. The Morgan fingerprint density at radius 2 is 1.95 bits per heavy atom. The average molecular weight is 269 g/mol. The molecule has 0 radical (unpaired) electrons. The van der Waals surface area contributed by atoms with Crippen LogP contribution in [0.15, 0.2) is 42.7 Å². The van der Waals surface area contributed by atoms with Gasteiger partial charge >= 0.3 is 0 Å². The third kappa shape index (κ3) is 3.36. The molecule has 0 saturated heterocycles. The molecule has 0 aliphatic heterocycles. The Bertz CT molecular complexity index is 564. The third-order valence-electron chi connectivity index (χ3n) is 3.36. The highest BCUT2D eigenvalue weighted by molar-refractivity contribution is 5.49. The van der Waals surface area contributed by atoms with E-state index in [-0.39, 0.29) is 6.04 Å². The molecule has 1 unspecified atom stereocenters. The number of aromatic nitrogens is 1. The smallest absolute Gasteiger partial charge is 0.0592 e. The zero-order chi connectivity index (χ0) is 14.5. The largest absolute Gasteiger partial charge is 0.378 e. The van der Waals surface area contributed by atoms with Crippen LogP contribution in [0, 0.1) is 6.92 Å². The number of benzene rings is 1. The zero-order valence-electron chi connectivity index (χ0n) is 12.7. The second kappa shape index (κ2) is 6.53. The van der Waals surface area contributed by atoms with Crippen molar-refractivity contribution in [2.45, 2.75) is 19.9 Å². The van der Waals surface area contributed by atoms with Gasteiger partial charge in [0.15, 0.2) is 0 Å². The van der Waals surface area contributed by atoms with Gasteiger partial charge in [-0.25, -0.2) is 0 Å². The van der Waals surface area contributed by atoms with Crippen molar-refractivity contribution >= 4 is 5.69 Å². The Labute approximate surface area is 121 Å². The van der Waals surface area contributed by atoms with Gasteiger partial charge in [-0.05, 0) is 42.3 Å². The summed E-state index contributed by atoms with van der Waals surface area (Å²) in [5.41, 5.74) is 4.88. The van der Waals surface area contributed by atoms with Crippen LogP contribution in [0.2, 0.25) is 0 Å². The fourth-order valence-corrected chi connectivity index (χ4v) is 2.35. The molecule has 0 aliphatic carbocycles. The Morgan fingerprint density at radius 3 is 2.60 bits per heavy atom. The SMILES string of the molecule is CCNC(c1cncc(C)c1)c1cccc(N(C)C)c1. The lowest BCUT2D eigenvalue weighted by Crippen LogP contribution is -2.22. The molecule has 0 spiro atoms. The lowest BCUT2D eigenvalue weighted by Gasteiger charge is -2.21. The van der Waals surface area contributed by atoms with Gasteiger partial charge in [-0.2, -0.15) is 0 Å². The van der Waals surface area contributed by atoms with E-state index < -0.39 is 0 Å². The fourth-order valence-electron chi connectivity index (χ4n) is 2.35. The zero-order valence-corrected chi connectivity index (χ0v) is 12.7. The van der Waals surface area contributed by atoms with Crippen molar-refractivity contribution in [2.75, 3.05) is 25.5 Å². The lowest BCUT2D eigenvalue weighted by atomic mass is 9.98. The van der Waals surface area contributed by atoms with Gasteiger partial charge in [-0.15, -0.1) is 0 Å². The van der Waals surface area contributed by atoms with Gasteiger partial charge in [0.25, 0.3) is 0 Å². The topological polar surface area (TPSA) is 28.2 Å². The number of anilines is 1. The Morgan fingerprint density at radius 1 is 1.15 bits per heavy atom. The maximum absolute atomic E-state index is 4.32. The molecular formula is C17H23N3. The summed E-state index contributed by atoms with van der Waals surface area (Å²) in [5.74, 6) is 0. The molecule has 2 rings (SSSR count). The Kier molecular flexibility index (Phi) is 4.74. The molecule has 1 atom stereocenters. The van der Waals surface area contributed by atoms with E-state index in [2.05, 4.69) is 73.5 Å². The van der Waals surface area contributed by atoms with E-state index in [1.165, 1.54) is 22.4 Å². The number of rotatable bonds is 5. The first-order valence-electron chi connectivity index (χ1n) is 7.04. The Hall–Kier alpha value is -1.87. The molecule has 1 aromatic heterocycles. The summed E-state index contributed by atoms with van der Waals surface area (Å²) < 4.78 is 0. The molecule has 20 heavy (non-hydrogen) atoms. The number of aryl methyl sites for hydroxylation is 1. The molecule has 0 amide bonds. The molecule has 3 heteroatoms. The number of hydrogen-bond donors (Lipinski definition) is 1. The molecule has 0 bridgehead atoms. The molecule has 1 heterocycles. The van der Waals surface area contributed by atoms with Crippen molar-refractivity contribution in [1.29, 1.82) is 0 Å². The van der Waals surface area contributed by atoms with Crippen LogP contribution >= 0.6 is 0 Å². The van der Waals surface area contributed by atoms with Crippen molar-refractivity contribution < 1.29 is 0 Å². The molecular weight excluding hydrogens is 246 g/mol. The molecule has 1 aromatic carbocycles. The highest BCUT2D eigenvalue weighted by atomic mass is 15.1. The molecule has 3 nitrogen and oxygen atoms in total. The van der Waals surface area contributed by atoms with Crippen LogP contribution in [0.5, 0.6) is 0 Å². The average Bonchev–Trinajstić information content (AvgIpc) is 2.45. The van der Waals surface area contributed by atoms with Gasteiger partial charge in [-0.1, -0.05) is 25.1 Å². The second-order valence-electron chi connectivity index (χ2n) is 5.28. The minimum Gasteiger partial charge on any atom is -0.378 e. The quantitative estimate of drug-likeness (QED) is 0.903. The maximum Gasteiger partial charge on any atom is 0.0592 e. The summed E-state index contributed by atoms with van der Waals surface area (Å²) in [6, 6.07) is 11.0. The van der Waals surface area contributed by atoms with Gasteiger partial charge in [0.05, 0.1) is 6.04 Å². The van der Waals surface area contributed by atoms with E-state index in [9.17, 15) is 0 Å². The standard InChI is InChI=1S/C17H23N3/c1-5-19-17(15-9-13(2)11-18-12-15)14-7-6-8-16(10-14)20(3)4/h6-12,17,19H,5H2,1-4H3. The van der Waals surface area contributed by atoms with Gasteiger partial charge < -0.3 is 10.2 Å². The lowest BCUT2D eigenvalue weighted by molar-refractivity contribution is 0.628. The normalized spacial score (nSPS) is 12.2.